The van der Waals surface area contributed by atoms with Crippen LogP contribution in [0, 0.1) is 6.07 Å². The Labute approximate surface area is 194 Å². The van der Waals surface area contributed by atoms with E-state index in [-0.39, 0.29) is 33.5 Å². The van der Waals surface area contributed by atoms with Crippen molar-refractivity contribution >= 4 is 53.1 Å². The van der Waals surface area contributed by atoms with Crippen LogP contribution in [0.25, 0.3) is 21.5 Å². The zero-order valence-electron chi connectivity index (χ0n) is 15.7. The molecule has 0 aromatic heterocycles. The molecule has 0 saturated carbocycles. The van der Waals surface area contributed by atoms with Gasteiger partial charge in [-0.2, -0.15) is 0 Å². The van der Waals surface area contributed by atoms with Crippen LogP contribution in [0.4, 0.5) is 0 Å². The maximum absolute atomic E-state index is 3.41. The average molecular weight is 595 g/mol. The molecule has 0 fully saturated rings. The molecule has 0 amide bonds. The fourth-order valence-electron chi connectivity index (χ4n) is 3.00. The Morgan fingerprint density at radius 1 is 0.483 bits per heavy atom. The van der Waals surface area contributed by atoms with E-state index in [4.69, 9.17) is 0 Å². The van der Waals surface area contributed by atoms with Crippen LogP contribution in [-0.4, -0.2) is 0 Å². The molecule has 3 heteroatoms. The van der Waals surface area contributed by atoms with Gasteiger partial charge < -0.3 is 0 Å². The fourth-order valence-corrected chi connectivity index (χ4v) is 4.05. The maximum Gasteiger partial charge on any atom is 0 e. The van der Waals surface area contributed by atoms with Gasteiger partial charge in [-0.05, 0) is 10.6 Å². The molecule has 0 aliphatic rings. The molecule has 0 aliphatic carbocycles. The first-order valence-corrected chi connectivity index (χ1v) is 10.1. The topological polar surface area (TPSA) is 0 Å². The summed E-state index contributed by atoms with van der Waals surface area (Å²) in [5.74, 6) is 0. The number of hydrogen-bond acceptors (Lipinski definition) is 0. The van der Waals surface area contributed by atoms with Crippen molar-refractivity contribution in [3.8, 4) is 0 Å². The minimum Gasteiger partial charge on any atom is -0.147 e. The molecule has 148 valence electrons. The molecule has 0 nitrogen and oxygen atoms in total. The van der Waals surface area contributed by atoms with E-state index < -0.39 is 0 Å². The molecule has 29 heavy (non-hydrogen) atoms. The Morgan fingerprint density at radius 3 is 1.31 bits per heavy atom. The molecule has 0 atom stereocenters. The first kappa shape index (κ1) is 23.3. The van der Waals surface area contributed by atoms with E-state index in [1.54, 1.807) is 0 Å². The van der Waals surface area contributed by atoms with Crippen LogP contribution in [0.1, 0.15) is 0 Å². The van der Waals surface area contributed by atoms with Crippen LogP contribution in [-0.2, 0) is 21.1 Å². The zero-order valence-corrected chi connectivity index (χ0v) is 19.8. The molecule has 0 aliphatic heterocycles. The van der Waals surface area contributed by atoms with E-state index in [2.05, 4.69) is 109 Å². The second kappa shape index (κ2) is 11.9. The van der Waals surface area contributed by atoms with E-state index >= 15 is 0 Å². The summed E-state index contributed by atoms with van der Waals surface area (Å²) < 4.78 is 0. The van der Waals surface area contributed by atoms with Crippen molar-refractivity contribution in [1.29, 1.82) is 0 Å². The molecule has 0 spiro atoms. The second-order valence-electron chi connectivity index (χ2n) is 6.30. The number of benzene rings is 5. The SMILES string of the molecule is Cl.[Pt].[c-]1c2ccccc2cc2ccccc12.c1ccc(Pc2ccccc2)cc1. The van der Waals surface area contributed by atoms with Crippen molar-refractivity contribution in [2.24, 2.45) is 0 Å². The fraction of sp³-hybridized carbons (Fsp3) is 0. The van der Waals surface area contributed by atoms with Gasteiger partial charge in [0.15, 0.2) is 0 Å². The standard InChI is InChI=1S/C14H9.C12H11P.ClH.Pt/c1-2-6-12-10-14-8-4-3-7-13(14)9-11(12)5-1;1-3-7-11(8-4-1)13-12-9-5-2-6-10-12;;/h1-9H;1-10,13H;1H;/q-1;;;. The van der Waals surface area contributed by atoms with Crippen LogP contribution in [0.2, 0.25) is 0 Å². The quantitative estimate of drug-likeness (QED) is 0.124. The van der Waals surface area contributed by atoms with E-state index in [1.807, 2.05) is 12.1 Å². The molecular weight excluding hydrogens is 574 g/mol. The number of halogens is 1. The van der Waals surface area contributed by atoms with Crippen LogP contribution in [0.15, 0.2) is 115 Å². The summed E-state index contributed by atoms with van der Waals surface area (Å²) in [4.78, 5) is 0. The predicted molar refractivity (Wildman–Crippen MR) is 128 cm³/mol. The average Bonchev–Trinajstić information content (AvgIpc) is 2.74. The van der Waals surface area contributed by atoms with Gasteiger partial charge in [-0.1, -0.05) is 116 Å². The summed E-state index contributed by atoms with van der Waals surface area (Å²) in [5.41, 5.74) is 0. The molecule has 5 aromatic carbocycles. The maximum atomic E-state index is 3.41. The Hall–Kier alpha value is -1.97. The van der Waals surface area contributed by atoms with Gasteiger partial charge in [0, 0.05) is 21.1 Å². The predicted octanol–water partition coefficient (Wildman–Crippen LogP) is 6.53. The van der Waals surface area contributed by atoms with Gasteiger partial charge in [0.25, 0.3) is 0 Å². The largest absolute Gasteiger partial charge is 0.147 e. The molecule has 0 radical (unpaired) electrons. The molecule has 0 N–H and O–H groups in total. The van der Waals surface area contributed by atoms with Gasteiger partial charge in [-0.3, -0.25) is 0 Å². The third-order valence-corrected chi connectivity index (χ3v) is 5.58. The van der Waals surface area contributed by atoms with Gasteiger partial charge in [0.2, 0.25) is 0 Å². The Balaban J connectivity index is 0.000000194. The Kier molecular flexibility index (Phi) is 9.56. The normalized spacial score (nSPS) is 9.66. The molecule has 5 rings (SSSR count). The Bertz CT molecular complexity index is 1000. The minimum atomic E-state index is 0. The van der Waals surface area contributed by atoms with Crippen molar-refractivity contribution in [1.82, 2.24) is 0 Å². The minimum absolute atomic E-state index is 0. The van der Waals surface area contributed by atoms with Gasteiger partial charge in [0.1, 0.15) is 0 Å². The van der Waals surface area contributed by atoms with Gasteiger partial charge in [-0.15, -0.1) is 47.4 Å². The summed E-state index contributed by atoms with van der Waals surface area (Å²) in [5, 5.41) is 7.68. The molecule has 0 unspecified atom stereocenters. The van der Waals surface area contributed by atoms with Crippen LogP contribution < -0.4 is 10.6 Å². The van der Waals surface area contributed by atoms with Crippen molar-refractivity contribution < 1.29 is 21.1 Å². The number of fused-ring (bicyclic) bond motifs is 2. The van der Waals surface area contributed by atoms with Crippen molar-refractivity contribution in [3.05, 3.63) is 121 Å². The third kappa shape index (κ3) is 6.51. The molecule has 0 saturated heterocycles. The Morgan fingerprint density at radius 2 is 0.862 bits per heavy atom. The monoisotopic (exact) mass is 594 g/mol. The van der Waals surface area contributed by atoms with E-state index in [0.717, 1.165) is 8.58 Å². The first-order chi connectivity index (χ1) is 13.4. The summed E-state index contributed by atoms with van der Waals surface area (Å²) in [6, 6.07) is 43.4. The summed E-state index contributed by atoms with van der Waals surface area (Å²) in [7, 11) is 0.777. The molecular formula is C26H21ClPPt-. The van der Waals surface area contributed by atoms with Crippen LogP contribution in [0.3, 0.4) is 0 Å². The summed E-state index contributed by atoms with van der Waals surface area (Å²) >= 11 is 0. The van der Waals surface area contributed by atoms with Crippen molar-refractivity contribution in [3.63, 3.8) is 0 Å². The van der Waals surface area contributed by atoms with Gasteiger partial charge >= 0.3 is 0 Å². The van der Waals surface area contributed by atoms with Crippen LogP contribution in [0.5, 0.6) is 0 Å². The molecule has 0 bridgehead atoms. The number of rotatable bonds is 2. The zero-order chi connectivity index (χ0) is 18.3. The second-order valence-corrected chi connectivity index (χ2v) is 7.71. The van der Waals surface area contributed by atoms with Gasteiger partial charge in [-0.25, -0.2) is 0 Å². The third-order valence-electron chi connectivity index (χ3n) is 4.34. The smallest absolute Gasteiger partial charge is 0 e. The molecule has 0 heterocycles. The van der Waals surface area contributed by atoms with E-state index in [9.17, 15) is 0 Å². The summed E-state index contributed by atoms with van der Waals surface area (Å²) in [6.07, 6.45) is 0. The van der Waals surface area contributed by atoms with Gasteiger partial charge in [0.05, 0.1) is 0 Å². The number of hydrogen-bond donors (Lipinski definition) is 0. The first-order valence-electron chi connectivity index (χ1n) is 9.05. The van der Waals surface area contributed by atoms with Crippen molar-refractivity contribution in [2.45, 2.75) is 0 Å². The van der Waals surface area contributed by atoms with Crippen molar-refractivity contribution in [2.75, 3.05) is 0 Å². The van der Waals surface area contributed by atoms with Crippen LogP contribution >= 0.6 is 21.0 Å². The molecule has 5 aromatic rings. The van der Waals surface area contributed by atoms with E-state index in [0.29, 0.717) is 0 Å². The summed E-state index contributed by atoms with van der Waals surface area (Å²) in [6.45, 7) is 0. The van der Waals surface area contributed by atoms with E-state index in [1.165, 1.54) is 32.2 Å².